The fourth-order valence-corrected chi connectivity index (χ4v) is 4.23. The number of nitrogens with one attached hydrogen (secondary N) is 1. The number of nitrogens with two attached hydrogens (primary N) is 1. The van der Waals surface area contributed by atoms with Gasteiger partial charge in [-0.3, -0.25) is 9.59 Å². The van der Waals surface area contributed by atoms with Gasteiger partial charge in [0, 0.05) is 4.88 Å². The average molecular weight is 366 g/mol. The third-order valence-electron chi connectivity index (χ3n) is 3.99. The molecule has 1 heterocycles. The highest BCUT2D eigenvalue weighted by Crippen LogP contribution is 2.38. The number of hydrogen-bond donors (Lipinski definition) is 2. The number of thiophene rings is 1. The quantitative estimate of drug-likeness (QED) is 0.849. The van der Waals surface area contributed by atoms with E-state index in [4.69, 9.17) is 5.73 Å². The van der Waals surface area contributed by atoms with E-state index in [1.165, 1.54) is 29.5 Å². The second kappa shape index (κ2) is 7.18. The molecule has 0 bridgehead atoms. The largest absolute Gasteiger partial charge is 0.434 e. The van der Waals surface area contributed by atoms with E-state index >= 15 is 0 Å². The number of benzene rings is 1. The molecule has 0 aliphatic heterocycles. The van der Waals surface area contributed by atoms with E-state index in [1.807, 2.05) is 0 Å². The van der Waals surface area contributed by atoms with Gasteiger partial charge >= 0.3 is 6.61 Å². The first-order chi connectivity index (χ1) is 12.0. The molecule has 0 saturated carbocycles. The standard InChI is InChI=1S/C17H16F2N2O3S/c18-17(19)24-11-7-3-1-5-9(11)15(23)21-16-13(14(20)22)10-6-2-4-8-12(10)25-16/h1,3,5,7,17H,2,4,6,8H2,(H2,20,22)(H,21,23). The van der Waals surface area contributed by atoms with Crippen LogP contribution < -0.4 is 15.8 Å². The Morgan fingerprint density at radius 1 is 1.20 bits per heavy atom. The van der Waals surface area contributed by atoms with Crippen molar-refractivity contribution >= 4 is 28.2 Å². The number of ether oxygens (including phenoxy) is 1. The third-order valence-corrected chi connectivity index (χ3v) is 5.20. The van der Waals surface area contributed by atoms with Gasteiger partial charge in [-0.15, -0.1) is 11.3 Å². The molecule has 0 fully saturated rings. The van der Waals surface area contributed by atoms with Crippen molar-refractivity contribution in [2.45, 2.75) is 32.3 Å². The van der Waals surface area contributed by atoms with Crippen molar-refractivity contribution in [2.75, 3.05) is 5.32 Å². The van der Waals surface area contributed by atoms with Gasteiger partial charge in [-0.25, -0.2) is 0 Å². The molecule has 2 aromatic rings. The summed E-state index contributed by atoms with van der Waals surface area (Å²) in [4.78, 5) is 25.4. The minimum absolute atomic E-state index is 0.0374. The molecule has 25 heavy (non-hydrogen) atoms. The summed E-state index contributed by atoms with van der Waals surface area (Å²) in [5.41, 5.74) is 6.65. The van der Waals surface area contributed by atoms with Crippen LogP contribution in [0.4, 0.5) is 13.8 Å². The van der Waals surface area contributed by atoms with Gasteiger partial charge in [-0.1, -0.05) is 12.1 Å². The van der Waals surface area contributed by atoms with Crippen molar-refractivity contribution in [1.82, 2.24) is 0 Å². The molecule has 5 nitrogen and oxygen atoms in total. The van der Waals surface area contributed by atoms with Crippen LogP contribution in [0.25, 0.3) is 0 Å². The van der Waals surface area contributed by atoms with Crippen LogP contribution in [0.1, 0.15) is 44.0 Å². The Morgan fingerprint density at radius 2 is 1.92 bits per heavy atom. The number of carbonyl (C=O) groups is 2. The summed E-state index contributed by atoms with van der Waals surface area (Å²) in [5, 5.41) is 2.99. The van der Waals surface area contributed by atoms with E-state index < -0.39 is 18.4 Å². The summed E-state index contributed by atoms with van der Waals surface area (Å²) in [5.74, 6) is -1.46. The summed E-state index contributed by atoms with van der Waals surface area (Å²) in [6.07, 6.45) is 3.55. The fraction of sp³-hybridized carbons (Fsp3) is 0.294. The highest BCUT2D eigenvalue weighted by molar-refractivity contribution is 7.17. The minimum atomic E-state index is -3.04. The van der Waals surface area contributed by atoms with Crippen molar-refractivity contribution in [2.24, 2.45) is 5.73 Å². The van der Waals surface area contributed by atoms with Gasteiger partial charge in [0.25, 0.3) is 11.8 Å². The molecule has 1 aromatic heterocycles. The summed E-state index contributed by atoms with van der Waals surface area (Å²) in [6, 6.07) is 5.70. The molecule has 0 atom stereocenters. The van der Waals surface area contributed by atoms with Crippen LogP contribution in [0.15, 0.2) is 24.3 Å². The van der Waals surface area contributed by atoms with Crippen LogP contribution in [0.3, 0.4) is 0 Å². The predicted octanol–water partition coefficient (Wildman–Crippen LogP) is 3.58. The van der Waals surface area contributed by atoms with Gasteiger partial charge in [-0.2, -0.15) is 8.78 Å². The highest BCUT2D eigenvalue weighted by Gasteiger charge is 2.26. The second-order valence-corrected chi connectivity index (χ2v) is 6.71. The van der Waals surface area contributed by atoms with Crippen molar-refractivity contribution in [1.29, 1.82) is 0 Å². The summed E-state index contributed by atoms with van der Waals surface area (Å²) >= 11 is 1.31. The number of para-hydroxylation sites is 1. The number of carbonyl (C=O) groups excluding carboxylic acids is 2. The maximum absolute atomic E-state index is 12.5. The normalized spacial score (nSPS) is 13.4. The molecule has 8 heteroatoms. The Hall–Kier alpha value is -2.48. The lowest BCUT2D eigenvalue weighted by Gasteiger charge is -2.12. The monoisotopic (exact) mass is 366 g/mol. The first-order valence-corrected chi connectivity index (χ1v) is 8.58. The van der Waals surface area contributed by atoms with Crippen LogP contribution in [0, 0.1) is 0 Å². The van der Waals surface area contributed by atoms with E-state index in [9.17, 15) is 18.4 Å². The van der Waals surface area contributed by atoms with Crippen molar-refractivity contribution in [3.8, 4) is 5.75 Å². The van der Waals surface area contributed by atoms with Crippen LogP contribution >= 0.6 is 11.3 Å². The molecule has 2 amide bonds. The lowest BCUT2D eigenvalue weighted by Crippen LogP contribution is -2.19. The number of amides is 2. The number of fused-ring (bicyclic) bond motifs is 1. The number of rotatable bonds is 5. The van der Waals surface area contributed by atoms with Crippen molar-refractivity contribution < 1.29 is 23.1 Å². The van der Waals surface area contributed by atoms with Gasteiger partial charge in [0.05, 0.1) is 11.1 Å². The van der Waals surface area contributed by atoms with E-state index in [0.29, 0.717) is 10.6 Å². The Morgan fingerprint density at radius 3 is 2.64 bits per heavy atom. The molecule has 3 rings (SSSR count). The number of anilines is 1. The molecule has 0 saturated heterocycles. The zero-order chi connectivity index (χ0) is 18.0. The van der Waals surface area contributed by atoms with Crippen LogP contribution in [-0.4, -0.2) is 18.4 Å². The average Bonchev–Trinajstić information content (AvgIpc) is 2.92. The number of primary amides is 1. The van der Waals surface area contributed by atoms with E-state index in [1.54, 1.807) is 6.07 Å². The molecule has 0 spiro atoms. The van der Waals surface area contributed by atoms with E-state index in [2.05, 4.69) is 10.1 Å². The van der Waals surface area contributed by atoms with Gasteiger partial charge in [0.15, 0.2) is 0 Å². The van der Waals surface area contributed by atoms with Crippen molar-refractivity contribution in [3.63, 3.8) is 0 Å². The first kappa shape index (κ1) is 17.3. The van der Waals surface area contributed by atoms with Gasteiger partial charge in [0.2, 0.25) is 0 Å². The highest BCUT2D eigenvalue weighted by atomic mass is 32.1. The Balaban J connectivity index is 1.92. The van der Waals surface area contributed by atoms with Gasteiger partial charge in [0.1, 0.15) is 10.8 Å². The third kappa shape index (κ3) is 3.63. The lowest BCUT2D eigenvalue weighted by atomic mass is 9.95. The van der Waals surface area contributed by atoms with Crippen molar-refractivity contribution in [3.05, 3.63) is 45.8 Å². The number of aryl methyl sites for hydroxylation is 1. The molecule has 0 radical (unpaired) electrons. The van der Waals surface area contributed by atoms with E-state index in [0.717, 1.165) is 36.1 Å². The SMILES string of the molecule is NC(=O)c1c(NC(=O)c2ccccc2OC(F)F)sc2c1CCCC2. The molecular weight excluding hydrogens is 350 g/mol. The van der Waals surface area contributed by atoms with Crippen LogP contribution in [0.5, 0.6) is 5.75 Å². The van der Waals surface area contributed by atoms with E-state index in [-0.39, 0.29) is 11.3 Å². The Labute approximate surface area is 146 Å². The zero-order valence-corrected chi connectivity index (χ0v) is 14.0. The molecule has 0 unspecified atom stereocenters. The molecule has 132 valence electrons. The summed E-state index contributed by atoms with van der Waals surface area (Å²) in [6.45, 7) is -3.04. The van der Waals surface area contributed by atoms with Gasteiger partial charge in [-0.05, 0) is 43.4 Å². The fourth-order valence-electron chi connectivity index (χ4n) is 2.94. The lowest BCUT2D eigenvalue weighted by molar-refractivity contribution is -0.0501. The summed E-state index contributed by atoms with van der Waals surface area (Å²) < 4.78 is 29.4. The van der Waals surface area contributed by atoms with Crippen LogP contribution in [-0.2, 0) is 12.8 Å². The zero-order valence-electron chi connectivity index (χ0n) is 13.2. The molecule has 1 aliphatic rings. The van der Waals surface area contributed by atoms with Gasteiger partial charge < -0.3 is 15.8 Å². The molecular formula is C17H16F2N2O3S. The first-order valence-electron chi connectivity index (χ1n) is 7.77. The topological polar surface area (TPSA) is 81.4 Å². The molecule has 1 aliphatic carbocycles. The number of hydrogen-bond acceptors (Lipinski definition) is 4. The van der Waals surface area contributed by atoms with Crippen LogP contribution in [0.2, 0.25) is 0 Å². The molecule has 1 aromatic carbocycles. The Bertz CT molecular complexity index is 820. The smallest absolute Gasteiger partial charge is 0.387 e. The maximum atomic E-state index is 12.5. The number of alkyl halides is 2. The molecule has 3 N–H and O–H groups in total. The minimum Gasteiger partial charge on any atom is -0.434 e. The summed E-state index contributed by atoms with van der Waals surface area (Å²) in [7, 11) is 0. The Kier molecular flexibility index (Phi) is 4.98. The number of halogens is 2. The predicted molar refractivity (Wildman–Crippen MR) is 90.5 cm³/mol. The second-order valence-electron chi connectivity index (χ2n) is 5.61. The maximum Gasteiger partial charge on any atom is 0.387 e.